The maximum atomic E-state index is 13.4. The number of nitrogens with zero attached hydrogens (tertiary/aromatic N) is 1. The van der Waals surface area contributed by atoms with Crippen LogP contribution in [0, 0.1) is 13.8 Å². The van der Waals surface area contributed by atoms with E-state index in [1.165, 1.54) is 16.2 Å². The normalized spacial score (nSPS) is 13.9. The van der Waals surface area contributed by atoms with Crippen molar-refractivity contribution >= 4 is 40.1 Å². The van der Waals surface area contributed by atoms with E-state index < -0.39 is 0 Å². The SMILES string of the molecule is CCOc1ccc(NC2=C(c3cccs3)C(=O)N(c3ccc(C)c(C)c3)C2=O)cc1. The number of imide groups is 1. The van der Waals surface area contributed by atoms with Gasteiger partial charge in [0.25, 0.3) is 11.8 Å². The van der Waals surface area contributed by atoms with Crippen LogP contribution in [0.1, 0.15) is 22.9 Å². The van der Waals surface area contributed by atoms with Gasteiger partial charge in [0.05, 0.1) is 17.9 Å². The Hall–Kier alpha value is -3.38. The van der Waals surface area contributed by atoms with Crippen LogP contribution in [0.2, 0.25) is 0 Å². The van der Waals surface area contributed by atoms with Crippen molar-refractivity contribution in [2.24, 2.45) is 0 Å². The fourth-order valence-corrected chi connectivity index (χ4v) is 4.11. The zero-order chi connectivity index (χ0) is 21.3. The van der Waals surface area contributed by atoms with E-state index in [4.69, 9.17) is 4.74 Å². The number of carbonyl (C=O) groups is 2. The highest BCUT2D eigenvalue weighted by atomic mass is 32.1. The first kappa shape index (κ1) is 19.9. The van der Waals surface area contributed by atoms with Gasteiger partial charge in [-0.25, -0.2) is 4.90 Å². The first-order valence-corrected chi connectivity index (χ1v) is 10.6. The molecule has 0 saturated heterocycles. The zero-order valence-corrected chi connectivity index (χ0v) is 17.9. The number of amides is 2. The summed E-state index contributed by atoms with van der Waals surface area (Å²) in [6.07, 6.45) is 0. The molecule has 4 rings (SSSR count). The summed E-state index contributed by atoms with van der Waals surface area (Å²) in [7, 11) is 0. The summed E-state index contributed by atoms with van der Waals surface area (Å²) in [6.45, 7) is 6.48. The van der Waals surface area contributed by atoms with Crippen LogP contribution in [0.5, 0.6) is 5.75 Å². The molecule has 152 valence electrons. The number of aryl methyl sites for hydroxylation is 2. The summed E-state index contributed by atoms with van der Waals surface area (Å²) in [5, 5.41) is 5.07. The summed E-state index contributed by atoms with van der Waals surface area (Å²) in [5.41, 5.74) is 4.10. The van der Waals surface area contributed by atoms with E-state index in [1.807, 2.05) is 80.7 Å². The van der Waals surface area contributed by atoms with Gasteiger partial charge in [-0.2, -0.15) is 0 Å². The van der Waals surface area contributed by atoms with Gasteiger partial charge in [-0.1, -0.05) is 12.1 Å². The summed E-state index contributed by atoms with van der Waals surface area (Å²) in [5.74, 6) is 0.0702. The predicted octanol–water partition coefficient (Wildman–Crippen LogP) is 5.16. The third kappa shape index (κ3) is 3.62. The molecule has 1 N–H and O–H groups in total. The van der Waals surface area contributed by atoms with Crippen LogP contribution < -0.4 is 15.0 Å². The minimum absolute atomic E-state index is 0.282. The third-order valence-corrected chi connectivity index (χ3v) is 5.92. The smallest absolute Gasteiger partial charge is 0.282 e. The lowest BCUT2D eigenvalue weighted by atomic mass is 10.1. The minimum Gasteiger partial charge on any atom is -0.494 e. The average Bonchev–Trinajstić information content (AvgIpc) is 3.33. The summed E-state index contributed by atoms with van der Waals surface area (Å²) in [4.78, 5) is 28.7. The van der Waals surface area contributed by atoms with Gasteiger partial charge in [0.2, 0.25) is 0 Å². The second-order valence-corrected chi connectivity index (χ2v) is 7.97. The molecular formula is C24H22N2O3S. The van der Waals surface area contributed by atoms with Gasteiger partial charge in [0.15, 0.2) is 0 Å². The molecule has 30 heavy (non-hydrogen) atoms. The molecule has 0 bridgehead atoms. The number of benzene rings is 2. The molecule has 2 amide bonds. The molecule has 0 unspecified atom stereocenters. The molecule has 2 aromatic carbocycles. The first-order valence-electron chi connectivity index (χ1n) is 9.73. The number of anilines is 2. The van der Waals surface area contributed by atoms with Crippen molar-refractivity contribution in [1.29, 1.82) is 0 Å². The van der Waals surface area contributed by atoms with Crippen LogP contribution in [0.4, 0.5) is 11.4 Å². The Bertz CT molecular complexity index is 1130. The van der Waals surface area contributed by atoms with E-state index in [9.17, 15) is 9.59 Å². The standard InChI is InChI=1S/C24H22N2O3S/c1-4-29-19-11-8-17(9-12-19)25-22-21(20-6-5-13-30-20)23(27)26(24(22)28)18-10-7-15(2)16(3)14-18/h5-14,25H,4H2,1-3H3. The Morgan fingerprint density at radius 3 is 2.37 bits per heavy atom. The van der Waals surface area contributed by atoms with Crippen LogP contribution in [-0.2, 0) is 9.59 Å². The van der Waals surface area contributed by atoms with Gasteiger partial charge >= 0.3 is 0 Å². The van der Waals surface area contributed by atoms with Crippen LogP contribution >= 0.6 is 11.3 Å². The number of ether oxygens (including phenoxy) is 1. The lowest BCUT2D eigenvalue weighted by Gasteiger charge is -2.16. The van der Waals surface area contributed by atoms with Crippen molar-refractivity contribution in [3.8, 4) is 5.75 Å². The van der Waals surface area contributed by atoms with Gasteiger partial charge in [0.1, 0.15) is 11.4 Å². The van der Waals surface area contributed by atoms with Crippen molar-refractivity contribution in [3.63, 3.8) is 0 Å². The molecule has 1 aliphatic heterocycles. The minimum atomic E-state index is -0.361. The number of hydrogen-bond acceptors (Lipinski definition) is 5. The highest BCUT2D eigenvalue weighted by molar-refractivity contribution is 7.11. The van der Waals surface area contributed by atoms with Crippen LogP contribution in [0.3, 0.4) is 0 Å². The molecule has 0 aliphatic carbocycles. The van der Waals surface area contributed by atoms with Crippen LogP contribution in [-0.4, -0.2) is 18.4 Å². The van der Waals surface area contributed by atoms with E-state index >= 15 is 0 Å². The number of nitrogens with one attached hydrogen (secondary N) is 1. The fourth-order valence-electron chi connectivity index (χ4n) is 3.34. The summed E-state index contributed by atoms with van der Waals surface area (Å²) in [6, 6.07) is 16.7. The third-order valence-electron chi connectivity index (χ3n) is 5.03. The van der Waals surface area contributed by atoms with Gasteiger partial charge < -0.3 is 10.1 Å². The molecule has 0 fully saturated rings. The highest BCUT2D eigenvalue weighted by Gasteiger charge is 2.40. The molecule has 0 spiro atoms. The van der Waals surface area contributed by atoms with Gasteiger partial charge in [0, 0.05) is 10.6 Å². The highest BCUT2D eigenvalue weighted by Crippen LogP contribution is 2.36. The average molecular weight is 419 g/mol. The van der Waals surface area contributed by atoms with E-state index in [2.05, 4.69) is 5.32 Å². The molecule has 1 aliphatic rings. The van der Waals surface area contributed by atoms with E-state index in [-0.39, 0.29) is 17.5 Å². The Kier molecular flexibility index (Phi) is 5.42. The Morgan fingerprint density at radius 2 is 1.73 bits per heavy atom. The second kappa shape index (κ2) is 8.16. The molecule has 0 atom stereocenters. The first-order chi connectivity index (χ1) is 14.5. The van der Waals surface area contributed by atoms with Gasteiger partial charge in [-0.05, 0) is 79.7 Å². The molecule has 0 radical (unpaired) electrons. The van der Waals surface area contributed by atoms with E-state index in [0.29, 0.717) is 23.6 Å². The topological polar surface area (TPSA) is 58.6 Å². The predicted molar refractivity (Wildman–Crippen MR) is 121 cm³/mol. The summed E-state index contributed by atoms with van der Waals surface area (Å²) >= 11 is 1.43. The number of rotatable bonds is 6. The van der Waals surface area contributed by atoms with Crippen molar-refractivity contribution in [2.75, 3.05) is 16.8 Å². The molecular weight excluding hydrogens is 396 g/mol. The van der Waals surface area contributed by atoms with Crippen molar-refractivity contribution < 1.29 is 14.3 Å². The zero-order valence-electron chi connectivity index (χ0n) is 17.1. The lowest BCUT2D eigenvalue weighted by molar-refractivity contribution is -0.120. The number of thiophene rings is 1. The van der Waals surface area contributed by atoms with Crippen molar-refractivity contribution in [3.05, 3.63) is 81.7 Å². The number of carbonyl (C=O) groups excluding carboxylic acids is 2. The molecule has 3 aromatic rings. The largest absolute Gasteiger partial charge is 0.494 e. The Balaban J connectivity index is 1.73. The quantitative estimate of drug-likeness (QED) is 0.562. The Morgan fingerprint density at radius 1 is 0.967 bits per heavy atom. The maximum absolute atomic E-state index is 13.4. The fraction of sp³-hybridized carbons (Fsp3) is 0.167. The second-order valence-electron chi connectivity index (χ2n) is 7.02. The van der Waals surface area contributed by atoms with Crippen molar-refractivity contribution in [2.45, 2.75) is 20.8 Å². The van der Waals surface area contributed by atoms with E-state index in [1.54, 1.807) is 0 Å². The molecule has 6 heteroatoms. The molecule has 5 nitrogen and oxygen atoms in total. The summed E-state index contributed by atoms with van der Waals surface area (Å²) < 4.78 is 5.48. The Labute approximate surface area is 179 Å². The number of hydrogen-bond donors (Lipinski definition) is 1. The molecule has 2 heterocycles. The van der Waals surface area contributed by atoms with Crippen molar-refractivity contribution in [1.82, 2.24) is 0 Å². The van der Waals surface area contributed by atoms with Crippen LogP contribution in [0.15, 0.2) is 65.7 Å². The lowest BCUT2D eigenvalue weighted by Crippen LogP contribution is -2.32. The molecule has 0 saturated carbocycles. The maximum Gasteiger partial charge on any atom is 0.282 e. The van der Waals surface area contributed by atoms with Gasteiger partial charge in [-0.15, -0.1) is 11.3 Å². The van der Waals surface area contributed by atoms with E-state index in [0.717, 1.165) is 21.8 Å². The molecule has 1 aromatic heterocycles. The van der Waals surface area contributed by atoms with Crippen LogP contribution in [0.25, 0.3) is 5.57 Å². The monoisotopic (exact) mass is 418 g/mol. The van der Waals surface area contributed by atoms with Gasteiger partial charge in [-0.3, -0.25) is 9.59 Å².